The quantitative estimate of drug-likeness (QED) is 0.103. The first-order valence-electron chi connectivity index (χ1n) is 14.7. The summed E-state index contributed by atoms with van der Waals surface area (Å²) < 4.78 is 72.2. The first-order chi connectivity index (χ1) is 22.8. The summed E-state index contributed by atoms with van der Waals surface area (Å²) in [6.45, 7) is 0. The fourth-order valence-corrected chi connectivity index (χ4v) is 5.67. The summed E-state index contributed by atoms with van der Waals surface area (Å²) in [7, 11) is -10.7. The Hall–Kier alpha value is -5.67. The molecule has 3 aromatic heterocycles. The number of halogens is 6. The molecule has 8 aromatic rings. The average Bonchev–Trinajstić information content (AvgIpc) is 3.60. The third-order valence-corrected chi connectivity index (χ3v) is 7.50. The van der Waals surface area contributed by atoms with E-state index in [4.69, 9.17) is 9.72 Å². The van der Waals surface area contributed by atoms with E-state index < -0.39 is 7.81 Å². The van der Waals surface area contributed by atoms with E-state index in [0.717, 1.165) is 45.0 Å². The molecule has 48 heavy (non-hydrogen) atoms. The molecule has 5 aromatic carbocycles. The molecule has 0 aliphatic heterocycles. The van der Waals surface area contributed by atoms with E-state index in [-0.39, 0.29) is 0 Å². The second kappa shape index (κ2) is 11.0. The van der Waals surface area contributed by atoms with Crippen molar-refractivity contribution in [2.24, 2.45) is 0 Å². The van der Waals surface area contributed by atoms with E-state index in [1.54, 1.807) is 0 Å². The van der Waals surface area contributed by atoms with E-state index >= 15 is 0 Å². The second-order valence-corrected chi connectivity index (χ2v) is 12.9. The third-order valence-electron chi connectivity index (χ3n) is 7.50. The smallest absolute Gasteiger partial charge is 0.256 e. The molecule has 0 atom stereocenters. The fraction of sp³-hybridized carbons (Fsp3) is 0. The molecule has 0 fully saturated rings. The first-order valence-corrected chi connectivity index (χ1v) is 16.7. The third kappa shape index (κ3) is 6.86. The monoisotopic (exact) mass is 674 g/mol. The van der Waals surface area contributed by atoms with Gasteiger partial charge in [0.25, 0.3) is 6.33 Å². The molecule has 0 saturated heterocycles. The zero-order valence-electron chi connectivity index (χ0n) is 24.8. The normalized spacial score (nSPS) is 13.1. The molecular weight excluding hydrogens is 649 g/mol. The molecule has 5 nitrogen and oxygen atoms in total. The van der Waals surface area contributed by atoms with Crippen LogP contribution in [0.5, 0.6) is 11.6 Å². The minimum absolute atomic E-state index is 0.535. The number of nitrogens with zero attached hydrogens (tertiary/aromatic N) is 4. The van der Waals surface area contributed by atoms with Crippen molar-refractivity contribution >= 4 is 40.6 Å². The van der Waals surface area contributed by atoms with Crippen LogP contribution in [-0.4, -0.2) is 14.1 Å². The Morgan fingerprint density at radius 2 is 1.17 bits per heavy atom. The van der Waals surface area contributed by atoms with Crippen LogP contribution in [0.25, 0.3) is 50.0 Å². The van der Waals surface area contributed by atoms with Crippen LogP contribution < -0.4 is 9.30 Å². The maximum atomic E-state index is 9.87. The molecule has 0 aliphatic carbocycles. The largest absolute Gasteiger partial charge is 0.439 e. The molecule has 8 rings (SSSR count). The van der Waals surface area contributed by atoms with Crippen molar-refractivity contribution < 1.29 is 34.5 Å². The van der Waals surface area contributed by atoms with Crippen LogP contribution in [0, 0.1) is 0 Å². The maximum absolute atomic E-state index is 10.7. The van der Waals surface area contributed by atoms with E-state index in [1.165, 1.54) is 10.8 Å². The van der Waals surface area contributed by atoms with Crippen LogP contribution >= 0.6 is 7.81 Å². The van der Waals surface area contributed by atoms with Gasteiger partial charge in [0.05, 0.1) is 11.0 Å². The van der Waals surface area contributed by atoms with Gasteiger partial charge in [-0.05, 0) is 54.6 Å². The number of fused-ring (bicyclic) bond motifs is 4. The van der Waals surface area contributed by atoms with E-state index in [9.17, 15) is 25.2 Å². The van der Waals surface area contributed by atoms with Crippen LogP contribution in [0.3, 0.4) is 0 Å². The Labute approximate surface area is 269 Å². The van der Waals surface area contributed by atoms with Gasteiger partial charge in [0.15, 0.2) is 11.0 Å². The van der Waals surface area contributed by atoms with E-state index in [2.05, 4.69) is 129 Å². The molecule has 0 saturated carbocycles. The number of ether oxygens (including phenoxy) is 1. The number of hydrogen-bond acceptors (Lipinski definition) is 2. The summed E-state index contributed by atoms with van der Waals surface area (Å²) in [6, 6.07) is 49.8. The van der Waals surface area contributed by atoms with Crippen LogP contribution in [0.4, 0.5) is 25.2 Å². The molecule has 12 heteroatoms. The van der Waals surface area contributed by atoms with Gasteiger partial charge < -0.3 is 9.30 Å². The number of imidazole rings is 1. The number of hydrogen-bond donors (Lipinski definition) is 0. The van der Waals surface area contributed by atoms with Gasteiger partial charge >= 0.3 is 33.0 Å². The molecule has 0 spiro atoms. The molecule has 0 radical (unpaired) electrons. The Kier molecular flexibility index (Phi) is 7.07. The van der Waals surface area contributed by atoms with Crippen molar-refractivity contribution in [3.63, 3.8) is 0 Å². The van der Waals surface area contributed by atoms with Gasteiger partial charge in [-0.1, -0.05) is 72.8 Å². The van der Waals surface area contributed by atoms with Gasteiger partial charge in [0, 0.05) is 34.7 Å². The van der Waals surface area contributed by atoms with Gasteiger partial charge in [-0.3, -0.25) is 0 Å². The summed E-state index contributed by atoms with van der Waals surface area (Å²) >= 11 is 0. The predicted octanol–water partition coefficient (Wildman–Crippen LogP) is 11.6. The summed E-state index contributed by atoms with van der Waals surface area (Å²) in [5, 5.41) is 2.40. The minimum Gasteiger partial charge on any atom is -0.439 e. The minimum atomic E-state index is -10.7. The second-order valence-electron chi connectivity index (χ2n) is 10.9. The number of benzene rings is 5. The van der Waals surface area contributed by atoms with Crippen molar-refractivity contribution in [1.82, 2.24) is 14.1 Å². The maximum Gasteiger partial charge on any atom is 0.256 e. The Morgan fingerprint density at radius 3 is 1.90 bits per heavy atom. The molecule has 0 N–H and O–H groups in total. The molecular formula is C36H25F6N4OP. The number of para-hydroxylation sites is 5. The van der Waals surface area contributed by atoms with E-state index in [1.807, 2.05) is 36.4 Å². The summed E-state index contributed by atoms with van der Waals surface area (Å²) in [4.78, 5) is 4.92. The topological polar surface area (TPSA) is 35.9 Å². The van der Waals surface area contributed by atoms with Crippen molar-refractivity contribution in [2.45, 2.75) is 0 Å². The van der Waals surface area contributed by atoms with Gasteiger partial charge in [-0.25, -0.2) is 0 Å². The van der Waals surface area contributed by atoms with Crippen LogP contribution in [0.1, 0.15) is 0 Å². The standard InChI is InChI=1S/C36H25N4O.F6P/c1-3-12-26(13-4-1)38-25-39(33-19-10-9-18-32(33)38)35-20-11-21-36(37-35)41-28-22-23-30-29-16-7-8-17-31(29)40(34(30)24-28)27-14-5-2-6-15-27;1-7(2,3,4,5)6/h1-25H;/q+1;-1. The SMILES string of the molecule is F[P-](F)(F)(F)(F)F.c1ccc(-n2c3ccccc3c3ccc(Oc4cccc(-n5c[n+](-c6ccccc6)c6ccccc65)n4)cc32)cc1. The molecule has 0 amide bonds. The van der Waals surface area contributed by atoms with Crippen molar-refractivity contribution in [2.75, 3.05) is 0 Å². The molecule has 0 unspecified atom stereocenters. The molecule has 3 heterocycles. The van der Waals surface area contributed by atoms with Gasteiger partial charge in [-0.2, -0.15) is 14.1 Å². The molecule has 0 aliphatic rings. The molecule has 0 bridgehead atoms. The van der Waals surface area contributed by atoms with Crippen LogP contribution in [-0.2, 0) is 0 Å². The van der Waals surface area contributed by atoms with Crippen LogP contribution in [0.15, 0.2) is 152 Å². The van der Waals surface area contributed by atoms with Crippen molar-refractivity contribution in [1.29, 1.82) is 0 Å². The zero-order chi connectivity index (χ0) is 33.6. The number of aromatic nitrogens is 4. The van der Waals surface area contributed by atoms with Gasteiger partial charge in [-0.15, -0.1) is 0 Å². The van der Waals surface area contributed by atoms with E-state index in [0.29, 0.717) is 5.88 Å². The Morgan fingerprint density at radius 1 is 0.562 bits per heavy atom. The average molecular weight is 675 g/mol. The Balaban J connectivity index is 0.000000473. The van der Waals surface area contributed by atoms with Crippen molar-refractivity contribution in [3.8, 4) is 28.8 Å². The summed E-state index contributed by atoms with van der Waals surface area (Å²) in [5.74, 6) is 2.06. The summed E-state index contributed by atoms with van der Waals surface area (Å²) in [6.07, 6.45) is 2.08. The van der Waals surface area contributed by atoms with Crippen LogP contribution in [0.2, 0.25) is 0 Å². The van der Waals surface area contributed by atoms with Crippen molar-refractivity contribution in [3.05, 3.63) is 152 Å². The molecule has 242 valence electrons. The Bertz CT molecular complexity index is 2420. The number of rotatable bonds is 5. The summed E-state index contributed by atoms with van der Waals surface area (Å²) in [5.41, 5.74) is 6.63. The first kappa shape index (κ1) is 31.0. The zero-order valence-corrected chi connectivity index (χ0v) is 25.7. The number of pyridine rings is 1. The predicted molar refractivity (Wildman–Crippen MR) is 177 cm³/mol. The van der Waals surface area contributed by atoms with Gasteiger partial charge in [0.2, 0.25) is 11.7 Å². The fourth-order valence-electron chi connectivity index (χ4n) is 5.67. The van der Waals surface area contributed by atoms with Gasteiger partial charge in [0.1, 0.15) is 11.4 Å².